The molecule has 2 N–H and O–H groups in total. The second kappa shape index (κ2) is 6.96. The molecule has 21 heavy (non-hydrogen) atoms. The van der Waals surface area contributed by atoms with Crippen molar-refractivity contribution >= 4 is 44.8 Å². The van der Waals surface area contributed by atoms with Crippen molar-refractivity contribution < 1.29 is 4.79 Å². The fraction of sp³-hybridized carbons (Fsp3) is 0.188. The molecule has 5 heteroatoms. The van der Waals surface area contributed by atoms with Crippen LogP contribution in [-0.2, 0) is 0 Å². The van der Waals surface area contributed by atoms with Gasteiger partial charge in [0.1, 0.15) is 0 Å². The smallest absolute Gasteiger partial charge is 0.259 e. The number of hydrogen-bond donors (Lipinski definition) is 1. The van der Waals surface area contributed by atoms with Gasteiger partial charge in [0.15, 0.2) is 0 Å². The average molecular weight is 368 g/mol. The highest BCUT2D eigenvalue weighted by Gasteiger charge is 2.21. The summed E-state index contributed by atoms with van der Waals surface area (Å²) >= 11 is 9.53. The summed E-state index contributed by atoms with van der Waals surface area (Å²) in [4.78, 5) is 14.5. The monoisotopic (exact) mass is 366 g/mol. The number of nitrogens with two attached hydrogens (primary N) is 1. The molecule has 0 aromatic heterocycles. The Bertz CT molecular complexity index is 660. The first kappa shape index (κ1) is 15.9. The molecule has 0 saturated carbocycles. The molecule has 110 valence electrons. The second-order valence-corrected chi connectivity index (χ2v) is 5.96. The van der Waals surface area contributed by atoms with E-state index in [0.29, 0.717) is 28.5 Å². The molecule has 0 unspecified atom stereocenters. The molecule has 0 bridgehead atoms. The highest BCUT2D eigenvalue weighted by Crippen LogP contribution is 2.28. The van der Waals surface area contributed by atoms with Gasteiger partial charge >= 0.3 is 0 Å². The number of rotatable bonds is 4. The van der Waals surface area contributed by atoms with Gasteiger partial charge in [-0.15, -0.1) is 0 Å². The van der Waals surface area contributed by atoms with E-state index in [4.69, 9.17) is 17.3 Å². The van der Waals surface area contributed by atoms with Crippen LogP contribution in [0.4, 0.5) is 11.4 Å². The van der Waals surface area contributed by atoms with E-state index < -0.39 is 0 Å². The van der Waals surface area contributed by atoms with E-state index in [1.807, 2.05) is 25.1 Å². The third kappa shape index (κ3) is 3.57. The Morgan fingerprint density at radius 3 is 2.67 bits per heavy atom. The van der Waals surface area contributed by atoms with Crippen LogP contribution in [0.15, 0.2) is 46.9 Å². The van der Waals surface area contributed by atoms with E-state index in [9.17, 15) is 4.79 Å². The molecule has 2 rings (SSSR count). The highest BCUT2D eigenvalue weighted by atomic mass is 79.9. The van der Waals surface area contributed by atoms with Crippen LogP contribution in [0.1, 0.15) is 23.7 Å². The summed E-state index contributed by atoms with van der Waals surface area (Å²) in [6, 6.07) is 12.6. The van der Waals surface area contributed by atoms with Gasteiger partial charge in [0.25, 0.3) is 5.91 Å². The summed E-state index contributed by atoms with van der Waals surface area (Å²) in [6.45, 7) is 2.60. The normalized spacial score (nSPS) is 10.4. The highest BCUT2D eigenvalue weighted by molar-refractivity contribution is 9.10. The fourth-order valence-electron chi connectivity index (χ4n) is 2.10. The first-order valence-corrected chi connectivity index (χ1v) is 7.83. The minimum atomic E-state index is -0.152. The lowest BCUT2D eigenvalue weighted by Crippen LogP contribution is -2.32. The Kier molecular flexibility index (Phi) is 5.26. The van der Waals surface area contributed by atoms with Crippen LogP contribution in [0.3, 0.4) is 0 Å². The van der Waals surface area contributed by atoms with Crippen LogP contribution in [0.2, 0.25) is 5.02 Å². The molecular formula is C16H16BrClN2O. The Hall–Kier alpha value is -1.52. The lowest BCUT2D eigenvalue weighted by molar-refractivity contribution is 0.0987. The zero-order chi connectivity index (χ0) is 15.4. The Labute approximate surface area is 137 Å². The SMILES string of the molecule is CCCN(C(=O)c1cc(Br)ccc1Cl)c1ccccc1N. The predicted octanol–water partition coefficient (Wildman–Crippen LogP) is 4.74. The number of nitrogens with zero attached hydrogens (tertiary/aromatic N) is 1. The van der Waals surface area contributed by atoms with Crippen molar-refractivity contribution in [3.05, 3.63) is 57.5 Å². The Morgan fingerprint density at radius 2 is 2.00 bits per heavy atom. The van der Waals surface area contributed by atoms with Crippen molar-refractivity contribution in [2.45, 2.75) is 13.3 Å². The van der Waals surface area contributed by atoms with E-state index in [0.717, 1.165) is 10.9 Å². The number of hydrogen-bond acceptors (Lipinski definition) is 2. The molecule has 0 aliphatic rings. The molecule has 0 fully saturated rings. The molecule has 0 aliphatic carbocycles. The maximum Gasteiger partial charge on any atom is 0.259 e. The largest absolute Gasteiger partial charge is 0.397 e. The number of benzene rings is 2. The van der Waals surface area contributed by atoms with Crippen molar-refractivity contribution in [3.8, 4) is 0 Å². The van der Waals surface area contributed by atoms with E-state index in [-0.39, 0.29) is 5.91 Å². The summed E-state index contributed by atoms with van der Waals surface area (Å²) in [5.74, 6) is -0.152. The van der Waals surface area contributed by atoms with Gasteiger partial charge in [-0.1, -0.05) is 46.6 Å². The van der Waals surface area contributed by atoms with Crippen LogP contribution in [0.5, 0.6) is 0 Å². The van der Waals surface area contributed by atoms with Crippen LogP contribution < -0.4 is 10.6 Å². The maximum atomic E-state index is 12.8. The van der Waals surface area contributed by atoms with Crippen LogP contribution in [-0.4, -0.2) is 12.5 Å². The lowest BCUT2D eigenvalue weighted by atomic mass is 10.1. The molecule has 0 heterocycles. The standard InChI is InChI=1S/C16H16BrClN2O/c1-2-9-20(15-6-4-3-5-14(15)19)16(21)12-10-11(17)7-8-13(12)18/h3-8,10H,2,9,19H2,1H3. The molecule has 0 spiro atoms. The van der Waals surface area contributed by atoms with Gasteiger partial charge in [0, 0.05) is 11.0 Å². The second-order valence-electron chi connectivity index (χ2n) is 4.64. The lowest BCUT2D eigenvalue weighted by Gasteiger charge is -2.24. The Morgan fingerprint density at radius 1 is 1.29 bits per heavy atom. The molecule has 0 saturated heterocycles. The van der Waals surface area contributed by atoms with Crippen LogP contribution in [0.25, 0.3) is 0 Å². The van der Waals surface area contributed by atoms with Gasteiger partial charge in [0.05, 0.1) is 22.0 Å². The van der Waals surface area contributed by atoms with Crippen molar-refractivity contribution in [2.24, 2.45) is 0 Å². The minimum Gasteiger partial charge on any atom is -0.397 e. The summed E-state index contributed by atoms with van der Waals surface area (Å²) < 4.78 is 0.813. The molecule has 2 aromatic rings. The van der Waals surface area contributed by atoms with Crippen LogP contribution >= 0.6 is 27.5 Å². The number of anilines is 2. The molecule has 0 atom stereocenters. The topological polar surface area (TPSA) is 46.3 Å². The quantitative estimate of drug-likeness (QED) is 0.793. The Balaban J connectivity index is 2.45. The van der Waals surface area contributed by atoms with Gasteiger partial charge in [-0.25, -0.2) is 0 Å². The fourth-order valence-corrected chi connectivity index (χ4v) is 2.65. The molecular weight excluding hydrogens is 352 g/mol. The third-order valence-electron chi connectivity index (χ3n) is 3.08. The zero-order valence-electron chi connectivity index (χ0n) is 11.6. The number of amides is 1. The van der Waals surface area contributed by atoms with Gasteiger partial charge in [-0.05, 0) is 36.8 Å². The maximum absolute atomic E-state index is 12.8. The summed E-state index contributed by atoms with van der Waals surface area (Å²) in [7, 11) is 0. The molecule has 2 aromatic carbocycles. The number of carbonyl (C=O) groups excluding carboxylic acids is 1. The number of para-hydroxylation sites is 2. The van der Waals surface area contributed by atoms with Gasteiger partial charge < -0.3 is 10.6 Å². The third-order valence-corrected chi connectivity index (χ3v) is 3.90. The number of halogens is 2. The van der Waals surface area contributed by atoms with Crippen molar-refractivity contribution in [1.82, 2.24) is 0 Å². The summed E-state index contributed by atoms with van der Waals surface area (Å²) in [6.07, 6.45) is 0.825. The van der Waals surface area contributed by atoms with E-state index in [1.165, 1.54) is 0 Å². The molecule has 1 amide bonds. The van der Waals surface area contributed by atoms with Crippen molar-refractivity contribution in [2.75, 3.05) is 17.2 Å². The zero-order valence-corrected chi connectivity index (χ0v) is 14.0. The average Bonchev–Trinajstić information content (AvgIpc) is 2.47. The minimum absolute atomic E-state index is 0.152. The summed E-state index contributed by atoms with van der Waals surface area (Å²) in [5, 5.41) is 0.429. The molecule has 0 radical (unpaired) electrons. The number of nitrogen functional groups attached to an aromatic ring is 1. The summed E-state index contributed by atoms with van der Waals surface area (Å²) in [5.41, 5.74) is 7.74. The van der Waals surface area contributed by atoms with Crippen molar-refractivity contribution in [1.29, 1.82) is 0 Å². The number of carbonyl (C=O) groups is 1. The first-order valence-electron chi connectivity index (χ1n) is 6.66. The van der Waals surface area contributed by atoms with Gasteiger partial charge in [-0.3, -0.25) is 4.79 Å². The van der Waals surface area contributed by atoms with Gasteiger partial charge in [0.2, 0.25) is 0 Å². The van der Waals surface area contributed by atoms with Crippen molar-refractivity contribution in [3.63, 3.8) is 0 Å². The predicted molar refractivity (Wildman–Crippen MR) is 92.0 cm³/mol. The van der Waals surface area contributed by atoms with Gasteiger partial charge in [-0.2, -0.15) is 0 Å². The van der Waals surface area contributed by atoms with E-state index in [2.05, 4.69) is 15.9 Å². The molecule has 0 aliphatic heterocycles. The van der Waals surface area contributed by atoms with Crippen LogP contribution in [0, 0.1) is 0 Å². The first-order chi connectivity index (χ1) is 10.0. The van der Waals surface area contributed by atoms with E-state index >= 15 is 0 Å². The molecule has 3 nitrogen and oxygen atoms in total. The van der Waals surface area contributed by atoms with E-state index in [1.54, 1.807) is 29.2 Å².